The van der Waals surface area contributed by atoms with Crippen LogP contribution in [0, 0.1) is 0 Å². The fourth-order valence-electron chi connectivity index (χ4n) is 3.10. The van der Waals surface area contributed by atoms with Crippen molar-refractivity contribution < 1.29 is 22.1 Å². The van der Waals surface area contributed by atoms with Gasteiger partial charge >= 0.3 is 10.1 Å². The van der Waals surface area contributed by atoms with Crippen molar-refractivity contribution in [1.82, 2.24) is 4.90 Å². The number of carbonyl (C=O) groups excluding carboxylic acids is 1. The van der Waals surface area contributed by atoms with Gasteiger partial charge in [-0.1, -0.05) is 24.3 Å². The zero-order valence-electron chi connectivity index (χ0n) is 16.4. The Labute approximate surface area is 179 Å². The Hall–Kier alpha value is -2.84. The molecule has 2 aromatic carbocycles. The molecule has 0 atom stereocenters. The van der Waals surface area contributed by atoms with Crippen LogP contribution in [0.5, 0.6) is 11.5 Å². The summed E-state index contributed by atoms with van der Waals surface area (Å²) in [6.07, 6.45) is 1.90. The standard InChI is InChI=1S/C22H21NO5S2/c1-27-18-10-12-19(13-11-18)30(25,26)28-20-6-3-2-5-16(20)15-23(17-8-9-17)22(24)21-7-4-14-29-21/h2-7,10-14,17H,8-9,15H2,1H3. The van der Waals surface area contributed by atoms with Crippen molar-refractivity contribution in [2.75, 3.05) is 7.11 Å². The number of hydrogen-bond donors (Lipinski definition) is 0. The third kappa shape index (κ3) is 4.49. The van der Waals surface area contributed by atoms with Crippen LogP contribution < -0.4 is 8.92 Å². The Kier molecular flexibility index (Phi) is 5.78. The van der Waals surface area contributed by atoms with Crippen LogP contribution in [0.15, 0.2) is 70.9 Å². The van der Waals surface area contributed by atoms with Gasteiger partial charge in [-0.25, -0.2) is 0 Å². The maximum absolute atomic E-state index is 12.9. The molecule has 30 heavy (non-hydrogen) atoms. The maximum Gasteiger partial charge on any atom is 0.339 e. The number of ether oxygens (including phenoxy) is 1. The molecular formula is C22H21NO5S2. The van der Waals surface area contributed by atoms with E-state index in [-0.39, 0.29) is 29.1 Å². The van der Waals surface area contributed by atoms with Crippen LogP contribution >= 0.6 is 11.3 Å². The smallest absolute Gasteiger partial charge is 0.339 e. The Balaban J connectivity index is 1.58. The van der Waals surface area contributed by atoms with Crippen LogP contribution in [0.3, 0.4) is 0 Å². The first-order chi connectivity index (χ1) is 14.5. The van der Waals surface area contributed by atoms with E-state index in [0.717, 1.165) is 12.8 Å². The number of rotatable bonds is 8. The topological polar surface area (TPSA) is 72.9 Å². The monoisotopic (exact) mass is 443 g/mol. The van der Waals surface area contributed by atoms with Crippen LogP contribution in [0.2, 0.25) is 0 Å². The zero-order chi connectivity index (χ0) is 21.1. The minimum absolute atomic E-state index is 0.0341. The second-order valence-electron chi connectivity index (χ2n) is 6.96. The lowest BCUT2D eigenvalue weighted by Crippen LogP contribution is -2.32. The van der Waals surface area contributed by atoms with E-state index in [1.165, 1.54) is 30.6 Å². The zero-order valence-corrected chi connectivity index (χ0v) is 18.0. The van der Waals surface area contributed by atoms with Gasteiger partial charge in [0, 0.05) is 11.6 Å². The lowest BCUT2D eigenvalue weighted by Gasteiger charge is -2.23. The second-order valence-corrected chi connectivity index (χ2v) is 9.46. The van der Waals surface area contributed by atoms with Gasteiger partial charge in [0.2, 0.25) is 0 Å². The first-order valence-corrected chi connectivity index (χ1v) is 11.8. The van der Waals surface area contributed by atoms with Gasteiger partial charge in [-0.3, -0.25) is 4.79 Å². The van der Waals surface area contributed by atoms with Crippen LogP contribution in [0.4, 0.5) is 0 Å². The van der Waals surface area contributed by atoms with E-state index in [4.69, 9.17) is 8.92 Å². The number of benzene rings is 2. The predicted octanol–water partition coefficient (Wildman–Crippen LogP) is 4.33. The molecule has 4 rings (SSSR count). The molecule has 0 saturated heterocycles. The summed E-state index contributed by atoms with van der Waals surface area (Å²) in [5, 5.41) is 1.87. The van der Waals surface area contributed by atoms with Crippen molar-refractivity contribution in [2.24, 2.45) is 0 Å². The number of para-hydroxylation sites is 1. The largest absolute Gasteiger partial charge is 0.497 e. The van der Waals surface area contributed by atoms with Gasteiger partial charge in [-0.15, -0.1) is 11.3 Å². The van der Waals surface area contributed by atoms with Gasteiger partial charge in [0.25, 0.3) is 5.91 Å². The van der Waals surface area contributed by atoms with Crippen molar-refractivity contribution in [1.29, 1.82) is 0 Å². The summed E-state index contributed by atoms with van der Waals surface area (Å²) < 4.78 is 36.1. The van der Waals surface area contributed by atoms with Crippen LogP contribution in [-0.4, -0.2) is 32.4 Å². The minimum atomic E-state index is -4.02. The highest BCUT2D eigenvalue weighted by atomic mass is 32.2. The highest BCUT2D eigenvalue weighted by molar-refractivity contribution is 7.87. The average molecular weight is 444 g/mol. The third-order valence-electron chi connectivity index (χ3n) is 4.84. The minimum Gasteiger partial charge on any atom is -0.497 e. The molecule has 1 saturated carbocycles. The molecule has 8 heteroatoms. The normalized spacial score (nSPS) is 13.6. The van der Waals surface area contributed by atoms with Crippen LogP contribution in [0.25, 0.3) is 0 Å². The van der Waals surface area contributed by atoms with E-state index < -0.39 is 10.1 Å². The van der Waals surface area contributed by atoms with Gasteiger partial charge in [0.05, 0.1) is 18.5 Å². The summed E-state index contributed by atoms with van der Waals surface area (Å²) in [5.41, 5.74) is 0.645. The predicted molar refractivity (Wildman–Crippen MR) is 114 cm³/mol. The highest BCUT2D eigenvalue weighted by Crippen LogP contribution is 2.33. The molecule has 1 amide bonds. The molecule has 1 fully saturated rings. The Bertz CT molecular complexity index is 1120. The molecule has 1 aliphatic rings. The van der Waals surface area contributed by atoms with E-state index in [1.54, 1.807) is 41.3 Å². The van der Waals surface area contributed by atoms with Crippen molar-refractivity contribution in [2.45, 2.75) is 30.3 Å². The number of nitrogens with zero attached hydrogens (tertiary/aromatic N) is 1. The van der Waals surface area contributed by atoms with E-state index in [1.807, 2.05) is 17.5 Å². The Morgan fingerprint density at radius 1 is 1.07 bits per heavy atom. The van der Waals surface area contributed by atoms with Gasteiger partial charge in [-0.05, 0) is 54.6 Å². The summed E-state index contributed by atoms with van der Waals surface area (Å²) in [7, 11) is -2.51. The lowest BCUT2D eigenvalue weighted by atomic mass is 10.2. The first-order valence-electron chi connectivity index (χ1n) is 9.49. The number of thiophene rings is 1. The molecule has 1 aromatic heterocycles. The molecular weight excluding hydrogens is 422 g/mol. The molecule has 0 spiro atoms. The fourth-order valence-corrected chi connectivity index (χ4v) is 4.75. The molecule has 0 radical (unpaired) electrons. The van der Waals surface area contributed by atoms with Gasteiger partial charge in [0.15, 0.2) is 0 Å². The SMILES string of the molecule is COc1ccc(S(=O)(=O)Oc2ccccc2CN(C(=O)c2cccs2)C2CC2)cc1. The number of hydrogen-bond acceptors (Lipinski definition) is 6. The Morgan fingerprint density at radius 3 is 2.43 bits per heavy atom. The van der Waals surface area contributed by atoms with Crippen molar-refractivity contribution in [3.63, 3.8) is 0 Å². The molecule has 6 nitrogen and oxygen atoms in total. The third-order valence-corrected chi connectivity index (χ3v) is 6.95. The summed E-state index contributed by atoms with van der Waals surface area (Å²) in [6.45, 7) is 0.287. The molecule has 0 bridgehead atoms. The van der Waals surface area contributed by atoms with Crippen LogP contribution in [0.1, 0.15) is 28.1 Å². The fraction of sp³-hybridized carbons (Fsp3) is 0.227. The highest BCUT2D eigenvalue weighted by Gasteiger charge is 2.34. The molecule has 3 aromatic rings. The summed E-state index contributed by atoms with van der Waals surface area (Å²) >= 11 is 1.40. The van der Waals surface area contributed by atoms with Crippen molar-refractivity contribution in [3.8, 4) is 11.5 Å². The maximum atomic E-state index is 12.9. The molecule has 0 N–H and O–H groups in total. The molecule has 1 heterocycles. The van der Waals surface area contributed by atoms with E-state index in [0.29, 0.717) is 16.2 Å². The molecule has 0 aliphatic heterocycles. The van der Waals surface area contributed by atoms with E-state index in [9.17, 15) is 13.2 Å². The van der Waals surface area contributed by atoms with E-state index in [2.05, 4.69) is 0 Å². The molecule has 1 aliphatic carbocycles. The van der Waals surface area contributed by atoms with Gasteiger partial charge in [0.1, 0.15) is 16.4 Å². The van der Waals surface area contributed by atoms with Crippen molar-refractivity contribution >= 4 is 27.4 Å². The number of amides is 1. The second kappa shape index (κ2) is 8.49. The molecule has 156 valence electrons. The van der Waals surface area contributed by atoms with Crippen molar-refractivity contribution in [3.05, 3.63) is 76.5 Å². The number of methoxy groups -OCH3 is 1. The summed E-state index contributed by atoms with van der Waals surface area (Å²) in [6, 6.07) is 16.8. The van der Waals surface area contributed by atoms with E-state index >= 15 is 0 Å². The van der Waals surface area contributed by atoms with Gasteiger partial charge in [-0.2, -0.15) is 8.42 Å². The average Bonchev–Trinajstić information content (AvgIpc) is 3.45. The quantitative estimate of drug-likeness (QED) is 0.485. The lowest BCUT2D eigenvalue weighted by molar-refractivity contribution is 0.0734. The summed E-state index contributed by atoms with van der Waals surface area (Å²) in [4.78, 5) is 15.4. The van der Waals surface area contributed by atoms with Gasteiger partial charge < -0.3 is 13.8 Å². The summed E-state index contributed by atoms with van der Waals surface area (Å²) in [5.74, 6) is 0.736. The Morgan fingerprint density at radius 2 is 1.80 bits per heavy atom. The molecule has 0 unspecified atom stereocenters. The van der Waals surface area contributed by atoms with Crippen LogP contribution in [-0.2, 0) is 16.7 Å². The number of carbonyl (C=O) groups is 1. The first kappa shape index (κ1) is 20.4.